The van der Waals surface area contributed by atoms with E-state index in [4.69, 9.17) is 5.73 Å². The molecule has 1 heterocycles. The van der Waals surface area contributed by atoms with Crippen LogP contribution in [0.15, 0.2) is 24.5 Å². The van der Waals surface area contributed by atoms with Crippen LogP contribution in [0.25, 0.3) is 0 Å². The molecule has 0 bridgehead atoms. The third-order valence-electron chi connectivity index (χ3n) is 2.90. The fourth-order valence-electron chi connectivity index (χ4n) is 1.46. The van der Waals surface area contributed by atoms with E-state index in [9.17, 15) is 4.79 Å². The van der Waals surface area contributed by atoms with E-state index < -0.39 is 0 Å². The van der Waals surface area contributed by atoms with Crippen molar-refractivity contribution in [3.63, 3.8) is 0 Å². The van der Waals surface area contributed by atoms with Crippen molar-refractivity contribution in [3.8, 4) is 0 Å². The van der Waals surface area contributed by atoms with Crippen LogP contribution >= 0.6 is 0 Å². The number of likely N-dealkylation sites (N-methyl/N-ethyl adjacent to an activating group) is 1. The van der Waals surface area contributed by atoms with E-state index >= 15 is 0 Å². The summed E-state index contributed by atoms with van der Waals surface area (Å²) >= 11 is 0. The molecule has 88 valence electrons. The lowest BCUT2D eigenvalue weighted by molar-refractivity contribution is -0.132. The Morgan fingerprint density at radius 2 is 2.25 bits per heavy atom. The van der Waals surface area contributed by atoms with Gasteiger partial charge in [-0.3, -0.25) is 9.78 Å². The van der Waals surface area contributed by atoms with Gasteiger partial charge in [0.05, 0.1) is 5.92 Å². The first kappa shape index (κ1) is 12.6. The summed E-state index contributed by atoms with van der Waals surface area (Å²) in [6.07, 6.45) is 3.43. The van der Waals surface area contributed by atoms with Gasteiger partial charge in [0.25, 0.3) is 0 Å². The average Bonchev–Trinajstić information content (AvgIpc) is 2.36. The van der Waals surface area contributed by atoms with Crippen LogP contribution in [0.3, 0.4) is 0 Å². The molecule has 0 spiro atoms. The molecule has 4 nitrogen and oxygen atoms in total. The molecule has 0 aliphatic carbocycles. The normalized spacial score (nSPS) is 14.2. The van der Waals surface area contributed by atoms with Crippen LogP contribution < -0.4 is 5.73 Å². The third-order valence-corrected chi connectivity index (χ3v) is 2.90. The molecule has 0 aliphatic heterocycles. The molecule has 0 aliphatic rings. The van der Waals surface area contributed by atoms with Crippen molar-refractivity contribution in [3.05, 3.63) is 30.1 Å². The SMILES string of the molecule is CC(C(=O)N(C)C(C)CN)c1cccnc1. The predicted octanol–water partition coefficient (Wildman–Crippen LogP) is 0.991. The van der Waals surface area contributed by atoms with Gasteiger partial charge in [-0.05, 0) is 25.5 Å². The van der Waals surface area contributed by atoms with Crippen LogP contribution in [0, 0.1) is 0 Å². The van der Waals surface area contributed by atoms with Gasteiger partial charge < -0.3 is 10.6 Å². The molecule has 4 heteroatoms. The Labute approximate surface area is 96.5 Å². The van der Waals surface area contributed by atoms with E-state index in [1.54, 1.807) is 24.3 Å². The molecule has 1 rings (SSSR count). The maximum absolute atomic E-state index is 12.1. The first-order valence-electron chi connectivity index (χ1n) is 5.44. The highest BCUT2D eigenvalue weighted by molar-refractivity contribution is 5.83. The Kier molecular flexibility index (Phi) is 4.43. The second-order valence-electron chi connectivity index (χ2n) is 4.04. The van der Waals surface area contributed by atoms with Crippen LogP contribution in [0.2, 0.25) is 0 Å². The van der Waals surface area contributed by atoms with E-state index in [0.717, 1.165) is 5.56 Å². The summed E-state index contributed by atoms with van der Waals surface area (Å²) in [4.78, 5) is 17.8. The Morgan fingerprint density at radius 3 is 2.75 bits per heavy atom. The van der Waals surface area contributed by atoms with Gasteiger partial charge in [0.2, 0.25) is 5.91 Å². The van der Waals surface area contributed by atoms with Gasteiger partial charge in [-0.15, -0.1) is 0 Å². The summed E-state index contributed by atoms with van der Waals surface area (Å²) in [7, 11) is 1.78. The number of pyridine rings is 1. The van der Waals surface area contributed by atoms with Crippen molar-refractivity contribution in [2.75, 3.05) is 13.6 Å². The summed E-state index contributed by atoms with van der Waals surface area (Å²) in [6.45, 7) is 4.30. The average molecular weight is 221 g/mol. The molecular formula is C12H19N3O. The van der Waals surface area contributed by atoms with Gasteiger partial charge in [-0.2, -0.15) is 0 Å². The van der Waals surface area contributed by atoms with E-state index in [0.29, 0.717) is 6.54 Å². The monoisotopic (exact) mass is 221 g/mol. The molecule has 1 amide bonds. The van der Waals surface area contributed by atoms with Crippen molar-refractivity contribution in [1.29, 1.82) is 0 Å². The van der Waals surface area contributed by atoms with Crippen LogP contribution in [0.1, 0.15) is 25.3 Å². The summed E-state index contributed by atoms with van der Waals surface area (Å²) in [5, 5.41) is 0. The molecule has 0 saturated carbocycles. The summed E-state index contributed by atoms with van der Waals surface area (Å²) in [5.41, 5.74) is 6.48. The summed E-state index contributed by atoms with van der Waals surface area (Å²) in [6, 6.07) is 3.81. The minimum absolute atomic E-state index is 0.0617. The number of amides is 1. The zero-order valence-electron chi connectivity index (χ0n) is 10.1. The van der Waals surface area contributed by atoms with Crippen molar-refractivity contribution in [2.45, 2.75) is 25.8 Å². The summed E-state index contributed by atoms with van der Waals surface area (Å²) < 4.78 is 0. The van der Waals surface area contributed by atoms with Crippen molar-refractivity contribution >= 4 is 5.91 Å². The van der Waals surface area contributed by atoms with Crippen LogP contribution in [-0.4, -0.2) is 35.4 Å². The zero-order chi connectivity index (χ0) is 12.1. The van der Waals surface area contributed by atoms with Gasteiger partial charge in [-0.1, -0.05) is 6.07 Å². The molecule has 1 aromatic heterocycles. The lowest BCUT2D eigenvalue weighted by Gasteiger charge is -2.26. The minimum atomic E-state index is -0.173. The lowest BCUT2D eigenvalue weighted by atomic mass is 10.0. The van der Waals surface area contributed by atoms with Gasteiger partial charge in [0.15, 0.2) is 0 Å². The minimum Gasteiger partial charge on any atom is -0.341 e. The molecule has 0 saturated heterocycles. The number of nitrogens with two attached hydrogens (primary N) is 1. The Hall–Kier alpha value is -1.42. The second-order valence-corrected chi connectivity index (χ2v) is 4.04. The number of carbonyl (C=O) groups excluding carboxylic acids is 1. The highest BCUT2D eigenvalue weighted by Crippen LogP contribution is 2.16. The molecular weight excluding hydrogens is 202 g/mol. The molecule has 0 aromatic carbocycles. The maximum atomic E-state index is 12.1. The number of rotatable bonds is 4. The smallest absolute Gasteiger partial charge is 0.229 e. The number of hydrogen-bond donors (Lipinski definition) is 1. The first-order chi connectivity index (χ1) is 7.57. The standard InChI is InChI=1S/C12H19N3O/c1-9(7-13)15(3)12(16)10(2)11-5-4-6-14-8-11/h4-6,8-10H,7,13H2,1-3H3. The van der Waals surface area contributed by atoms with E-state index in [1.165, 1.54) is 0 Å². The highest BCUT2D eigenvalue weighted by Gasteiger charge is 2.21. The largest absolute Gasteiger partial charge is 0.341 e. The Bertz CT molecular complexity index is 339. The number of aromatic nitrogens is 1. The van der Waals surface area contributed by atoms with Crippen LogP contribution in [0.5, 0.6) is 0 Å². The lowest BCUT2D eigenvalue weighted by Crippen LogP contribution is -2.41. The van der Waals surface area contributed by atoms with Crippen molar-refractivity contribution in [2.24, 2.45) is 5.73 Å². The number of carbonyl (C=O) groups is 1. The van der Waals surface area contributed by atoms with E-state index in [-0.39, 0.29) is 17.9 Å². The van der Waals surface area contributed by atoms with Crippen LogP contribution in [-0.2, 0) is 4.79 Å². The maximum Gasteiger partial charge on any atom is 0.229 e. The molecule has 2 N–H and O–H groups in total. The van der Waals surface area contributed by atoms with Crippen molar-refractivity contribution < 1.29 is 4.79 Å². The first-order valence-corrected chi connectivity index (χ1v) is 5.44. The van der Waals surface area contributed by atoms with Gasteiger partial charge in [0.1, 0.15) is 0 Å². The van der Waals surface area contributed by atoms with Gasteiger partial charge in [0, 0.05) is 32.0 Å². The Morgan fingerprint density at radius 1 is 1.56 bits per heavy atom. The molecule has 0 radical (unpaired) electrons. The predicted molar refractivity (Wildman–Crippen MR) is 63.9 cm³/mol. The van der Waals surface area contributed by atoms with Crippen molar-refractivity contribution in [1.82, 2.24) is 9.88 Å². The summed E-state index contributed by atoms with van der Waals surface area (Å²) in [5.74, 6) is -0.0985. The molecule has 0 fully saturated rings. The van der Waals surface area contributed by atoms with Gasteiger partial charge in [-0.25, -0.2) is 0 Å². The zero-order valence-corrected chi connectivity index (χ0v) is 10.1. The molecule has 1 aromatic rings. The topological polar surface area (TPSA) is 59.2 Å². The fraction of sp³-hybridized carbons (Fsp3) is 0.500. The third kappa shape index (κ3) is 2.79. The molecule has 2 atom stereocenters. The Balaban J connectivity index is 2.75. The fourth-order valence-corrected chi connectivity index (χ4v) is 1.46. The molecule has 2 unspecified atom stereocenters. The van der Waals surface area contributed by atoms with Gasteiger partial charge >= 0.3 is 0 Å². The number of nitrogens with zero attached hydrogens (tertiary/aromatic N) is 2. The number of hydrogen-bond acceptors (Lipinski definition) is 3. The van der Waals surface area contributed by atoms with E-state index in [1.807, 2.05) is 26.0 Å². The highest BCUT2D eigenvalue weighted by atomic mass is 16.2. The van der Waals surface area contributed by atoms with Crippen LogP contribution in [0.4, 0.5) is 0 Å². The quantitative estimate of drug-likeness (QED) is 0.825. The second kappa shape index (κ2) is 5.61. The van der Waals surface area contributed by atoms with E-state index in [2.05, 4.69) is 4.98 Å². The molecule has 16 heavy (non-hydrogen) atoms.